The van der Waals surface area contributed by atoms with Crippen molar-refractivity contribution < 1.29 is 19.8 Å². The third-order valence-corrected chi connectivity index (χ3v) is 2.81. The fourth-order valence-electron chi connectivity index (χ4n) is 1.79. The van der Waals surface area contributed by atoms with Crippen molar-refractivity contribution in [1.82, 2.24) is 5.32 Å². The minimum Gasteiger partial charge on any atom is -0.508 e. The van der Waals surface area contributed by atoms with Gasteiger partial charge in [-0.1, -0.05) is 30.3 Å². The van der Waals surface area contributed by atoms with E-state index < -0.39 is 11.9 Å². The molecule has 0 aliphatic carbocycles. The van der Waals surface area contributed by atoms with Crippen LogP contribution in [0.25, 0.3) is 0 Å². The molecule has 0 aliphatic rings. The first-order valence-corrected chi connectivity index (χ1v) is 5.95. The Balaban J connectivity index is 2.20. The maximum atomic E-state index is 12.0. The van der Waals surface area contributed by atoms with Crippen LogP contribution in [0.4, 0.5) is 0 Å². The van der Waals surface area contributed by atoms with E-state index in [-0.39, 0.29) is 17.1 Å². The zero-order valence-corrected chi connectivity index (χ0v) is 10.5. The molecule has 0 bridgehead atoms. The molecule has 2 aromatic rings. The molecule has 1 unspecified atom stereocenters. The van der Waals surface area contributed by atoms with Crippen molar-refractivity contribution in [3.63, 3.8) is 0 Å². The Bertz CT molecular complexity index is 625. The SMILES string of the molecule is O=CC(NC(=O)c1ccc(O)cc1O)c1ccccc1. The molecule has 1 amide bonds. The van der Waals surface area contributed by atoms with Crippen LogP contribution in [0.3, 0.4) is 0 Å². The highest BCUT2D eigenvalue weighted by Gasteiger charge is 2.17. The number of benzene rings is 2. The molecule has 0 saturated heterocycles. The first kappa shape index (κ1) is 13.6. The predicted molar refractivity (Wildman–Crippen MR) is 72.5 cm³/mol. The molecular weight excluding hydrogens is 258 g/mol. The van der Waals surface area contributed by atoms with Gasteiger partial charge < -0.3 is 20.3 Å². The van der Waals surface area contributed by atoms with E-state index in [9.17, 15) is 19.8 Å². The van der Waals surface area contributed by atoms with E-state index in [2.05, 4.69) is 5.32 Å². The van der Waals surface area contributed by atoms with Crippen molar-refractivity contribution in [3.05, 3.63) is 59.7 Å². The lowest BCUT2D eigenvalue weighted by molar-refractivity contribution is -0.109. The highest BCUT2D eigenvalue weighted by Crippen LogP contribution is 2.23. The third-order valence-electron chi connectivity index (χ3n) is 2.81. The normalized spacial score (nSPS) is 11.6. The lowest BCUT2D eigenvalue weighted by atomic mass is 10.1. The van der Waals surface area contributed by atoms with Crippen molar-refractivity contribution in [2.75, 3.05) is 0 Å². The summed E-state index contributed by atoms with van der Waals surface area (Å²) in [6.07, 6.45) is 0.616. The Labute approximate surface area is 115 Å². The van der Waals surface area contributed by atoms with Gasteiger partial charge in [0.05, 0.1) is 5.56 Å². The molecule has 0 fully saturated rings. The maximum Gasteiger partial charge on any atom is 0.255 e. The number of aldehydes is 1. The number of amides is 1. The zero-order chi connectivity index (χ0) is 14.5. The Kier molecular flexibility index (Phi) is 4.00. The van der Waals surface area contributed by atoms with Gasteiger partial charge in [-0.3, -0.25) is 4.79 Å². The van der Waals surface area contributed by atoms with Gasteiger partial charge in [0.15, 0.2) is 0 Å². The third kappa shape index (κ3) is 2.95. The van der Waals surface area contributed by atoms with E-state index in [1.54, 1.807) is 30.3 Å². The van der Waals surface area contributed by atoms with Gasteiger partial charge in [-0.15, -0.1) is 0 Å². The number of hydrogen-bond donors (Lipinski definition) is 3. The predicted octanol–water partition coefficient (Wildman–Crippen LogP) is 1.77. The summed E-state index contributed by atoms with van der Waals surface area (Å²) in [4.78, 5) is 23.1. The molecule has 20 heavy (non-hydrogen) atoms. The Morgan fingerprint density at radius 1 is 1.10 bits per heavy atom. The topological polar surface area (TPSA) is 86.6 Å². The van der Waals surface area contributed by atoms with Gasteiger partial charge in [-0.05, 0) is 17.7 Å². The lowest BCUT2D eigenvalue weighted by Gasteiger charge is -2.13. The van der Waals surface area contributed by atoms with E-state index >= 15 is 0 Å². The highest BCUT2D eigenvalue weighted by atomic mass is 16.3. The van der Waals surface area contributed by atoms with Gasteiger partial charge >= 0.3 is 0 Å². The summed E-state index contributed by atoms with van der Waals surface area (Å²) in [7, 11) is 0. The maximum absolute atomic E-state index is 12.0. The van der Waals surface area contributed by atoms with Crippen molar-refractivity contribution in [2.24, 2.45) is 0 Å². The summed E-state index contributed by atoms with van der Waals surface area (Å²) in [6.45, 7) is 0. The van der Waals surface area contributed by atoms with Crippen molar-refractivity contribution in [2.45, 2.75) is 6.04 Å². The molecule has 0 aromatic heterocycles. The number of nitrogens with one attached hydrogen (secondary N) is 1. The average Bonchev–Trinajstić information content (AvgIpc) is 2.45. The first-order chi connectivity index (χ1) is 9.61. The molecule has 3 N–H and O–H groups in total. The van der Waals surface area contributed by atoms with Crippen LogP contribution in [0.15, 0.2) is 48.5 Å². The Morgan fingerprint density at radius 3 is 2.40 bits per heavy atom. The van der Waals surface area contributed by atoms with Crippen LogP contribution in [0, 0.1) is 0 Å². The largest absolute Gasteiger partial charge is 0.508 e. The van der Waals surface area contributed by atoms with E-state index in [4.69, 9.17) is 0 Å². The monoisotopic (exact) mass is 271 g/mol. The second-order valence-corrected chi connectivity index (χ2v) is 4.20. The van der Waals surface area contributed by atoms with Crippen molar-refractivity contribution >= 4 is 12.2 Å². The fraction of sp³-hybridized carbons (Fsp3) is 0.0667. The van der Waals surface area contributed by atoms with Crippen LogP contribution >= 0.6 is 0 Å². The molecule has 5 nitrogen and oxygen atoms in total. The lowest BCUT2D eigenvalue weighted by Crippen LogP contribution is -2.29. The van der Waals surface area contributed by atoms with Crippen LogP contribution in [-0.2, 0) is 4.79 Å². The molecule has 0 saturated carbocycles. The van der Waals surface area contributed by atoms with E-state index in [0.717, 1.165) is 6.07 Å². The summed E-state index contributed by atoms with van der Waals surface area (Å²) in [5.41, 5.74) is 0.639. The molecule has 2 aromatic carbocycles. The molecule has 0 radical (unpaired) electrons. The fourth-order valence-corrected chi connectivity index (χ4v) is 1.79. The second-order valence-electron chi connectivity index (χ2n) is 4.20. The van der Waals surface area contributed by atoms with Crippen molar-refractivity contribution in [1.29, 1.82) is 0 Å². The minimum absolute atomic E-state index is 0.00872. The van der Waals surface area contributed by atoms with Crippen LogP contribution in [0.1, 0.15) is 22.0 Å². The van der Waals surface area contributed by atoms with Crippen LogP contribution in [-0.4, -0.2) is 22.4 Å². The van der Waals surface area contributed by atoms with E-state index in [1.807, 2.05) is 0 Å². The molecular formula is C15H13NO4. The van der Waals surface area contributed by atoms with Crippen LogP contribution in [0.2, 0.25) is 0 Å². The molecule has 0 spiro atoms. The molecule has 0 heterocycles. The Hall–Kier alpha value is -2.82. The molecule has 102 valence electrons. The zero-order valence-electron chi connectivity index (χ0n) is 10.5. The number of phenolic OH excluding ortho intramolecular Hbond substituents is 2. The number of phenols is 2. The summed E-state index contributed by atoms with van der Waals surface area (Å²) in [5.74, 6) is -1.09. The van der Waals surface area contributed by atoms with Gasteiger partial charge in [0, 0.05) is 6.07 Å². The van der Waals surface area contributed by atoms with Gasteiger partial charge in [0.1, 0.15) is 23.8 Å². The summed E-state index contributed by atoms with van der Waals surface area (Å²) >= 11 is 0. The molecule has 1 atom stereocenters. The number of rotatable bonds is 4. The van der Waals surface area contributed by atoms with Gasteiger partial charge in [0.2, 0.25) is 0 Å². The van der Waals surface area contributed by atoms with Gasteiger partial charge in [0.25, 0.3) is 5.91 Å². The quantitative estimate of drug-likeness (QED) is 0.740. The number of carbonyl (C=O) groups excluding carboxylic acids is 2. The van der Waals surface area contributed by atoms with Crippen LogP contribution in [0.5, 0.6) is 11.5 Å². The summed E-state index contributed by atoms with van der Waals surface area (Å²) in [6, 6.07) is 11.6. The molecule has 0 aliphatic heterocycles. The smallest absolute Gasteiger partial charge is 0.255 e. The van der Waals surface area contributed by atoms with Gasteiger partial charge in [-0.25, -0.2) is 0 Å². The highest BCUT2D eigenvalue weighted by molar-refractivity contribution is 5.98. The number of aromatic hydroxyl groups is 2. The number of carbonyl (C=O) groups is 2. The van der Waals surface area contributed by atoms with Crippen molar-refractivity contribution in [3.8, 4) is 11.5 Å². The second kappa shape index (κ2) is 5.88. The molecule has 2 rings (SSSR count). The summed E-state index contributed by atoms with van der Waals surface area (Å²) in [5, 5.41) is 21.3. The average molecular weight is 271 g/mol. The standard InChI is InChI=1S/C15H13NO4/c17-9-13(10-4-2-1-3-5-10)16-15(20)12-7-6-11(18)8-14(12)19/h1-9,13,18-19H,(H,16,20). The Morgan fingerprint density at radius 2 is 1.80 bits per heavy atom. The minimum atomic E-state index is -0.795. The molecule has 5 heteroatoms. The van der Waals surface area contributed by atoms with Gasteiger partial charge in [-0.2, -0.15) is 0 Å². The summed E-state index contributed by atoms with van der Waals surface area (Å²) < 4.78 is 0. The van der Waals surface area contributed by atoms with E-state index in [0.29, 0.717) is 11.8 Å². The number of hydrogen-bond acceptors (Lipinski definition) is 4. The van der Waals surface area contributed by atoms with E-state index in [1.165, 1.54) is 12.1 Å². The first-order valence-electron chi connectivity index (χ1n) is 5.95. The van der Waals surface area contributed by atoms with Crippen LogP contribution < -0.4 is 5.32 Å².